The standard InChI is InChI=1S/C23H27ClN4O2S/c1-6-28-21(15-7-9-16(10-8-15)23(2,3)4)26-27-22(28)31-14-20(29)25-18-13-17(24)11-12-19(18)30-5/h7-13H,6,14H2,1-5H3,(H,25,29). The maximum atomic E-state index is 12.5. The number of carbonyl (C=O) groups is 1. The fraction of sp³-hybridized carbons (Fsp3) is 0.348. The molecule has 1 heterocycles. The van der Waals surface area contributed by atoms with E-state index >= 15 is 0 Å². The molecule has 2 aromatic carbocycles. The average Bonchev–Trinajstić information content (AvgIpc) is 3.15. The van der Waals surface area contributed by atoms with Crippen LogP contribution in [0.2, 0.25) is 5.02 Å². The van der Waals surface area contributed by atoms with Crippen LogP contribution in [0.25, 0.3) is 11.4 Å². The number of nitrogens with one attached hydrogen (secondary N) is 1. The van der Waals surface area contributed by atoms with E-state index in [1.807, 2.05) is 11.5 Å². The highest BCUT2D eigenvalue weighted by Gasteiger charge is 2.17. The summed E-state index contributed by atoms with van der Waals surface area (Å²) in [7, 11) is 1.55. The number of amides is 1. The van der Waals surface area contributed by atoms with Gasteiger partial charge in [0.2, 0.25) is 5.91 Å². The highest BCUT2D eigenvalue weighted by atomic mass is 35.5. The van der Waals surface area contributed by atoms with Crippen molar-refractivity contribution in [2.24, 2.45) is 0 Å². The van der Waals surface area contributed by atoms with Gasteiger partial charge in [-0.2, -0.15) is 0 Å². The van der Waals surface area contributed by atoms with Crippen molar-refractivity contribution in [3.8, 4) is 17.1 Å². The van der Waals surface area contributed by atoms with Crippen LogP contribution in [0.3, 0.4) is 0 Å². The van der Waals surface area contributed by atoms with E-state index in [0.29, 0.717) is 28.2 Å². The van der Waals surface area contributed by atoms with Crippen LogP contribution in [0, 0.1) is 0 Å². The third-order valence-electron chi connectivity index (χ3n) is 4.81. The molecule has 8 heteroatoms. The molecule has 0 spiro atoms. The molecule has 31 heavy (non-hydrogen) atoms. The molecule has 0 fully saturated rings. The van der Waals surface area contributed by atoms with Crippen LogP contribution in [0.15, 0.2) is 47.6 Å². The molecule has 0 atom stereocenters. The summed E-state index contributed by atoms with van der Waals surface area (Å²) in [6, 6.07) is 13.5. The predicted octanol–water partition coefficient (Wildman–Crippen LogP) is 5.66. The summed E-state index contributed by atoms with van der Waals surface area (Å²) in [4.78, 5) is 12.5. The maximum Gasteiger partial charge on any atom is 0.234 e. The van der Waals surface area contributed by atoms with Crippen molar-refractivity contribution in [2.75, 3.05) is 18.2 Å². The number of halogens is 1. The molecule has 0 aliphatic heterocycles. The van der Waals surface area contributed by atoms with Crippen molar-refractivity contribution >= 4 is 35.0 Å². The molecular formula is C23H27ClN4O2S. The third kappa shape index (κ3) is 5.60. The first-order chi connectivity index (χ1) is 14.7. The van der Waals surface area contributed by atoms with Crippen molar-refractivity contribution in [3.05, 3.63) is 53.1 Å². The van der Waals surface area contributed by atoms with E-state index in [2.05, 4.69) is 60.6 Å². The Hall–Kier alpha value is -2.51. The van der Waals surface area contributed by atoms with Gasteiger partial charge in [0.1, 0.15) is 5.75 Å². The SMILES string of the molecule is CCn1c(SCC(=O)Nc2cc(Cl)ccc2OC)nnc1-c1ccc(C(C)(C)C)cc1. The van der Waals surface area contributed by atoms with Gasteiger partial charge < -0.3 is 14.6 Å². The molecule has 0 radical (unpaired) electrons. The minimum absolute atomic E-state index is 0.0942. The Morgan fingerprint density at radius 3 is 2.48 bits per heavy atom. The van der Waals surface area contributed by atoms with E-state index in [-0.39, 0.29) is 17.1 Å². The second-order valence-corrected chi connectivity index (χ2v) is 9.44. The zero-order valence-corrected chi connectivity index (χ0v) is 20.0. The average molecular weight is 459 g/mol. The first-order valence-electron chi connectivity index (χ1n) is 10.0. The van der Waals surface area contributed by atoms with Crippen LogP contribution in [-0.2, 0) is 16.8 Å². The summed E-state index contributed by atoms with van der Waals surface area (Å²) in [6.07, 6.45) is 0. The Morgan fingerprint density at radius 1 is 1.16 bits per heavy atom. The summed E-state index contributed by atoms with van der Waals surface area (Å²) in [5, 5.41) is 12.8. The van der Waals surface area contributed by atoms with Crippen LogP contribution in [0.1, 0.15) is 33.3 Å². The normalized spacial score (nSPS) is 11.4. The van der Waals surface area contributed by atoms with Gasteiger partial charge >= 0.3 is 0 Å². The lowest BCUT2D eigenvalue weighted by Gasteiger charge is -2.19. The molecule has 0 unspecified atom stereocenters. The molecule has 0 saturated heterocycles. The van der Waals surface area contributed by atoms with Gasteiger partial charge in [-0.3, -0.25) is 4.79 Å². The fourth-order valence-electron chi connectivity index (χ4n) is 3.11. The van der Waals surface area contributed by atoms with Crippen molar-refractivity contribution in [1.82, 2.24) is 14.8 Å². The molecule has 1 amide bonds. The van der Waals surface area contributed by atoms with Gasteiger partial charge in [-0.15, -0.1) is 10.2 Å². The Kier molecular flexibility index (Phi) is 7.28. The highest BCUT2D eigenvalue weighted by Crippen LogP contribution is 2.29. The quantitative estimate of drug-likeness (QED) is 0.463. The van der Waals surface area contributed by atoms with Gasteiger partial charge in [-0.1, -0.05) is 68.4 Å². The molecule has 0 saturated carbocycles. The number of carbonyl (C=O) groups excluding carboxylic acids is 1. The van der Waals surface area contributed by atoms with E-state index in [9.17, 15) is 4.79 Å². The third-order valence-corrected chi connectivity index (χ3v) is 6.01. The van der Waals surface area contributed by atoms with Crippen molar-refractivity contribution in [2.45, 2.75) is 44.8 Å². The summed E-state index contributed by atoms with van der Waals surface area (Å²) in [5.41, 5.74) is 2.90. The number of methoxy groups -OCH3 is 1. The van der Waals surface area contributed by atoms with Gasteiger partial charge in [0.15, 0.2) is 11.0 Å². The molecule has 1 aromatic heterocycles. The Balaban J connectivity index is 1.71. The summed E-state index contributed by atoms with van der Waals surface area (Å²) >= 11 is 7.37. The zero-order valence-electron chi connectivity index (χ0n) is 18.4. The van der Waals surface area contributed by atoms with E-state index in [4.69, 9.17) is 16.3 Å². The number of hydrogen-bond acceptors (Lipinski definition) is 5. The van der Waals surface area contributed by atoms with Gasteiger partial charge in [-0.05, 0) is 36.1 Å². The lowest BCUT2D eigenvalue weighted by Crippen LogP contribution is -2.15. The zero-order chi connectivity index (χ0) is 22.6. The van der Waals surface area contributed by atoms with Crippen LogP contribution in [0.4, 0.5) is 5.69 Å². The number of aromatic nitrogens is 3. The summed E-state index contributed by atoms with van der Waals surface area (Å²) in [6.45, 7) is 9.31. The number of ether oxygens (including phenoxy) is 1. The Bertz CT molecular complexity index is 1060. The van der Waals surface area contributed by atoms with Crippen LogP contribution >= 0.6 is 23.4 Å². The molecule has 0 aliphatic rings. The lowest BCUT2D eigenvalue weighted by molar-refractivity contribution is -0.113. The predicted molar refractivity (Wildman–Crippen MR) is 127 cm³/mol. The number of anilines is 1. The monoisotopic (exact) mass is 458 g/mol. The molecule has 164 valence electrons. The van der Waals surface area contributed by atoms with Crippen molar-refractivity contribution in [1.29, 1.82) is 0 Å². The van der Waals surface area contributed by atoms with Gasteiger partial charge in [-0.25, -0.2) is 0 Å². The largest absolute Gasteiger partial charge is 0.495 e. The van der Waals surface area contributed by atoms with E-state index in [1.165, 1.54) is 17.3 Å². The van der Waals surface area contributed by atoms with E-state index < -0.39 is 0 Å². The van der Waals surface area contributed by atoms with Gasteiger partial charge in [0.25, 0.3) is 0 Å². The van der Waals surface area contributed by atoms with Crippen LogP contribution in [0.5, 0.6) is 5.75 Å². The number of thioether (sulfide) groups is 1. The molecule has 1 N–H and O–H groups in total. The minimum atomic E-state index is -0.174. The second-order valence-electron chi connectivity index (χ2n) is 8.06. The van der Waals surface area contributed by atoms with Gasteiger partial charge in [0.05, 0.1) is 18.6 Å². The van der Waals surface area contributed by atoms with E-state index in [1.54, 1.807) is 25.3 Å². The Morgan fingerprint density at radius 2 is 1.87 bits per heavy atom. The number of hydrogen-bond donors (Lipinski definition) is 1. The van der Waals surface area contributed by atoms with E-state index in [0.717, 1.165) is 11.4 Å². The van der Waals surface area contributed by atoms with Crippen LogP contribution < -0.4 is 10.1 Å². The number of rotatable bonds is 7. The van der Waals surface area contributed by atoms with Crippen molar-refractivity contribution < 1.29 is 9.53 Å². The molecule has 0 aliphatic carbocycles. The molecular weight excluding hydrogens is 432 g/mol. The summed E-state index contributed by atoms with van der Waals surface area (Å²) < 4.78 is 7.29. The topological polar surface area (TPSA) is 69.0 Å². The first kappa shape index (κ1) is 23.2. The number of nitrogens with zero attached hydrogens (tertiary/aromatic N) is 3. The van der Waals surface area contributed by atoms with Crippen LogP contribution in [-0.4, -0.2) is 33.5 Å². The molecule has 6 nitrogen and oxygen atoms in total. The van der Waals surface area contributed by atoms with Crippen molar-refractivity contribution in [3.63, 3.8) is 0 Å². The lowest BCUT2D eigenvalue weighted by atomic mass is 9.87. The Labute approximate surface area is 192 Å². The smallest absolute Gasteiger partial charge is 0.234 e. The molecule has 3 aromatic rings. The second kappa shape index (κ2) is 9.75. The molecule has 0 bridgehead atoms. The summed E-state index contributed by atoms with van der Waals surface area (Å²) in [5.74, 6) is 1.37. The minimum Gasteiger partial charge on any atom is -0.495 e. The van der Waals surface area contributed by atoms with Gasteiger partial charge in [0, 0.05) is 17.1 Å². The fourth-order valence-corrected chi connectivity index (χ4v) is 4.08. The number of benzene rings is 2. The first-order valence-corrected chi connectivity index (χ1v) is 11.4. The molecule has 3 rings (SSSR count). The highest BCUT2D eigenvalue weighted by molar-refractivity contribution is 7.99. The maximum absolute atomic E-state index is 12.5.